The second kappa shape index (κ2) is 13.3. The summed E-state index contributed by atoms with van der Waals surface area (Å²) in [7, 11) is 0. The molecule has 0 spiro atoms. The molecular weight excluding hydrogens is 641 g/mol. The monoisotopic (exact) mass is 671 g/mol. The van der Waals surface area contributed by atoms with Crippen LogP contribution in [0.15, 0.2) is 55.0 Å². The quantitative estimate of drug-likeness (QED) is 0.0583. The van der Waals surface area contributed by atoms with Gasteiger partial charge in [0.15, 0.2) is 17.0 Å². The predicted octanol–water partition coefficient (Wildman–Crippen LogP) is 4.79. The third kappa shape index (κ3) is 6.44. The standard InChI is InChI=1S/C33H31ClFN9O4/c34-33-38-31(27-32(39-33)42(18-37-27)28-23-15-24(23)29(45)30(28)46)36-16-20-9-6-8-19(13-20)7-4-2-1-3-5-10-21-17-43(41-40-21)22-11-12-25(35)26(14-22)44(47)48/h6,8-9,11-14,17-18,23-24,28-30,45-46H,1-3,5,10,15-16H2,(H,36,38,39)/t23-,24+,28+,29+,30-/m0/s1. The molecule has 246 valence electrons. The van der Waals surface area contributed by atoms with Crippen molar-refractivity contribution in [2.24, 2.45) is 11.8 Å². The lowest BCUT2D eigenvalue weighted by molar-refractivity contribution is -0.387. The van der Waals surface area contributed by atoms with Crippen LogP contribution in [0.4, 0.5) is 15.9 Å². The molecule has 0 unspecified atom stereocenters. The number of aliphatic hydroxyl groups is 2. The molecule has 3 N–H and O–H groups in total. The lowest BCUT2D eigenvalue weighted by Gasteiger charge is -2.22. The average molecular weight is 672 g/mol. The van der Waals surface area contributed by atoms with Crippen molar-refractivity contribution in [2.45, 2.75) is 63.3 Å². The summed E-state index contributed by atoms with van der Waals surface area (Å²) in [6.07, 6.45) is 6.77. The topological polar surface area (TPSA) is 170 Å². The molecule has 5 atom stereocenters. The van der Waals surface area contributed by atoms with Gasteiger partial charge in [0.05, 0.1) is 41.0 Å². The van der Waals surface area contributed by atoms with Crippen LogP contribution in [0.3, 0.4) is 0 Å². The largest absolute Gasteiger partial charge is 0.390 e. The summed E-state index contributed by atoms with van der Waals surface area (Å²) in [6, 6.07) is 11.2. The molecule has 3 heterocycles. The zero-order chi connectivity index (χ0) is 33.4. The van der Waals surface area contributed by atoms with Gasteiger partial charge in [-0.15, -0.1) is 5.10 Å². The van der Waals surface area contributed by atoms with Crippen LogP contribution in [0.5, 0.6) is 0 Å². The van der Waals surface area contributed by atoms with Crippen molar-refractivity contribution in [2.75, 3.05) is 5.32 Å². The molecule has 0 bridgehead atoms. The first-order chi connectivity index (χ1) is 23.3. The average Bonchev–Trinajstić information content (AvgIpc) is 3.38. The van der Waals surface area contributed by atoms with E-state index in [9.17, 15) is 24.7 Å². The highest BCUT2D eigenvalue weighted by Gasteiger charge is 2.60. The number of nitrogens with zero attached hydrogens (tertiary/aromatic N) is 8. The van der Waals surface area contributed by atoms with Crippen molar-refractivity contribution in [1.82, 2.24) is 34.5 Å². The van der Waals surface area contributed by atoms with Crippen molar-refractivity contribution in [3.8, 4) is 17.5 Å². The maximum atomic E-state index is 13.6. The van der Waals surface area contributed by atoms with Gasteiger partial charge in [0, 0.05) is 24.6 Å². The van der Waals surface area contributed by atoms with E-state index in [1.54, 1.807) is 12.5 Å². The zero-order valence-corrected chi connectivity index (χ0v) is 26.3. The number of nitro groups is 1. The fourth-order valence-corrected chi connectivity index (χ4v) is 6.62. The summed E-state index contributed by atoms with van der Waals surface area (Å²) in [5.74, 6) is 6.38. The summed E-state index contributed by atoms with van der Waals surface area (Å²) in [6.45, 7) is 0.461. The van der Waals surface area contributed by atoms with Crippen LogP contribution in [0, 0.1) is 39.6 Å². The SMILES string of the molecule is O=[N+]([O-])c1cc(-n2cc(CCCCCC#Cc3cccc(CNc4nc(Cl)nc5c4ncn5[C@H]4[C@H](O)[C@H](O)[C@@H]5C[C@@H]54)c3)nn2)ccc1F. The van der Waals surface area contributed by atoms with Gasteiger partial charge in [-0.05, 0) is 78.9 Å². The second-order valence-electron chi connectivity index (χ2n) is 12.2. The Labute approximate surface area is 279 Å². The number of anilines is 1. The Morgan fingerprint density at radius 3 is 2.79 bits per heavy atom. The van der Waals surface area contributed by atoms with Crippen LogP contribution in [0.25, 0.3) is 16.9 Å². The first-order valence-corrected chi connectivity index (χ1v) is 16.1. The number of imidazole rings is 1. The fourth-order valence-electron chi connectivity index (χ4n) is 6.46. The smallest absolute Gasteiger partial charge is 0.306 e. The Bertz CT molecular complexity index is 2060. The molecule has 2 aliphatic rings. The normalized spacial score (nSPS) is 21.1. The van der Waals surface area contributed by atoms with E-state index in [0.717, 1.165) is 61.1 Å². The minimum atomic E-state index is -0.895. The molecule has 0 radical (unpaired) electrons. The number of aryl methyl sites for hydroxylation is 1. The Kier molecular flexibility index (Phi) is 8.74. The molecule has 0 saturated heterocycles. The highest BCUT2D eigenvalue weighted by molar-refractivity contribution is 6.28. The van der Waals surface area contributed by atoms with Gasteiger partial charge in [0.1, 0.15) is 6.10 Å². The Balaban J connectivity index is 0.895. The number of rotatable bonds is 11. The number of hydrogen-bond donors (Lipinski definition) is 3. The molecule has 0 amide bonds. The van der Waals surface area contributed by atoms with E-state index < -0.39 is 28.6 Å². The second-order valence-corrected chi connectivity index (χ2v) is 12.5. The van der Waals surface area contributed by atoms with Gasteiger partial charge < -0.3 is 20.1 Å². The maximum Gasteiger partial charge on any atom is 0.306 e. The number of aromatic nitrogens is 7. The molecule has 15 heteroatoms. The van der Waals surface area contributed by atoms with Crippen molar-refractivity contribution in [3.63, 3.8) is 0 Å². The zero-order valence-electron chi connectivity index (χ0n) is 25.6. The number of nitro benzene ring substituents is 1. The molecule has 2 fully saturated rings. The number of hydrogen-bond acceptors (Lipinski definition) is 10. The number of benzene rings is 2. The number of aliphatic hydroxyl groups excluding tert-OH is 2. The molecule has 2 saturated carbocycles. The Morgan fingerprint density at radius 2 is 1.98 bits per heavy atom. The Hall–Kier alpha value is -4.97. The minimum Gasteiger partial charge on any atom is -0.390 e. The number of nitrogens with one attached hydrogen (secondary N) is 1. The molecule has 3 aromatic heterocycles. The van der Waals surface area contributed by atoms with Gasteiger partial charge in [-0.25, -0.2) is 9.67 Å². The van der Waals surface area contributed by atoms with Crippen LogP contribution in [-0.2, 0) is 13.0 Å². The van der Waals surface area contributed by atoms with Gasteiger partial charge in [-0.2, -0.15) is 14.4 Å². The lowest BCUT2D eigenvalue weighted by Crippen LogP contribution is -2.31. The van der Waals surface area contributed by atoms with Gasteiger partial charge in [-0.1, -0.05) is 35.6 Å². The molecule has 2 aliphatic carbocycles. The number of halogens is 2. The van der Waals surface area contributed by atoms with E-state index in [0.29, 0.717) is 35.6 Å². The van der Waals surface area contributed by atoms with E-state index in [2.05, 4.69) is 42.4 Å². The summed E-state index contributed by atoms with van der Waals surface area (Å²) < 4.78 is 16.9. The summed E-state index contributed by atoms with van der Waals surface area (Å²) in [4.78, 5) is 23.5. The molecule has 48 heavy (non-hydrogen) atoms. The van der Waals surface area contributed by atoms with Gasteiger partial charge in [-0.3, -0.25) is 10.1 Å². The molecule has 13 nitrogen and oxygen atoms in total. The minimum absolute atomic E-state index is 0.0661. The van der Waals surface area contributed by atoms with E-state index in [1.807, 2.05) is 28.8 Å². The summed E-state index contributed by atoms with van der Waals surface area (Å²) in [5.41, 5.74) is 3.49. The van der Waals surface area contributed by atoms with Crippen molar-refractivity contribution in [1.29, 1.82) is 0 Å². The van der Waals surface area contributed by atoms with Crippen LogP contribution in [0.2, 0.25) is 5.28 Å². The Morgan fingerprint density at radius 1 is 1.10 bits per heavy atom. The summed E-state index contributed by atoms with van der Waals surface area (Å²) >= 11 is 6.28. The van der Waals surface area contributed by atoms with Crippen LogP contribution in [0.1, 0.15) is 55.0 Å². The predicted molar refractivity (Wildman–Crippen MR) is 174 cm³/mol. The van der Waals surface area contributed by atoms with Crippen LogP contribution in [-0.4, -0.2) is 61.9 Å². The fraction of sp³-hybridized carbons (Fsp3) is 0.364. The first kappa shape index (κ1) is 31.6. The van der Waals surface area contributed by atoms with Gasteiger partial charge in [0.25, 0.3) is 0 Å². The maximum absolute atomic E-state index is 13.6. The first-order valence-electron chi connectivity index (χ1n) is 15.7. The molecule has 0 aliphatic heterocycles. The molecule has 7 rings (SSSR count). The van der Waals surface area contributed by atoms with E-state index >= 15 is 0 Å². The molecule has 2 aromatic carbocycles. The van der Waals surface area contributed by atoms with E-state index in [1.165, 1.54) is 10.7 Å². The third-order valence-corrected chi connectivity index (χ3v) is 9.14. The van der Waals surface area contributed by atoms with Crippen LogP contribution >= 0.6 is 11.6 Å². The highest BCUT2D eigenvalue weighted by atomic mass is 35.5. The molecule has 5 aromatic rings. The summed E-state index contributed by atoms with van der Waals surface area (Å²) in [5, 5.41) is 43.4. The number of unbranched alkanes of at least 4 members (excludes halogenated alkanes) is 3. The van der Waals surface area contributed by atoms with Crippen LogP contribution < -0.4 is 5.32 Å². The van der Waals surface area contributed by atoms with E-state index in [-0.39, 0.29) is 23.2 Å². The number of fused-ring (bicyclic) bond motifs is 2. The van der Waals surface area contributed by atoms with Crippen molar-refractivity contribution < 1.29 is 19.5 Å². The van der Waals surface area contributed by atoms with Gasteiger partial charge >= 0.3 is 5.69 Å². The van der Waals surface area contributed by atoms with E-state index in [4.69, 9.17) is 11.6 Å². The third-order valence-electron chi connectivity index (χ3n) is 8.97. The highest BCUT2D eigenvalue weighted by Crippen LogP contribution is 2.58. The van der Waals surface area contributed by atoms with Crippen molar-refractivity contribution >= 4 is 34.3 Å². The van der Waals surface area contributed by atoms with Gasteiger partial charge in [0.2, 0.25) is 11.1 Å². The molecular formula is C33H31ClFN9O4. The lowest BCUT2D eigenvalue weighted by atomic mass is 10.1. The van der Waals surface area contributed by atoms with Crippen molar-refractivity contribution in [3.05, 3.63) is 93.0 Å².